The summed E-state index contributed by atoms with van der Waals surface area (Å²) in [4.78, 5) is 43.2. The minimum absolute atomic E-state index is 0.162. The summed E-state index contributed by atoms with van der Waals surface area (Å²) in [6.45, 7) is 0. The predicted octanol–water partition coefficient (Wildman–Crippen LogP) is 1.80. The average molecular weight is 357 g/mol. The van der Waals surface area contributed by atoms with Gasteiger partial charge in [0.2, 0.25) is 11.8 Å². The average Bonchev–Trinajstić information content (AvgIpc) is 3.22. The number of imide groups is 1. The summed E-state index contributed by atoms with van der Waals surface area (Å²) in [6, 6.07) is 7.83. The monoisotopic (exact) mass is 357 g/mol. The van der Waals surface area contributed by atoms with Crippen molar-refractivity contribution in [3.63, 3.8) is 0 Å². The van der Waals surface area contributed by atoms with Gasteiger partial charge in [-0.05, 0) is 11.6 Å². The van der Waals surface area contributed by atoms with E-state index in [4.69, 9.17) is 0 Å². The van der Waals surface area contributed by atoms with Gasteiger partial charge in [0.1, 0.15) is 5.25 Å². The Balaban J connectivity index is 1.79. The Morgan fingerprint density at radius 2 is 1.88 bits per heavy atom. The molecule has 2 aromatic heterocycles. The van der Waals surface area contributed by atoms with Crippen LogP contribution in [0.3, 0.4) is 0 Å². The molecule has 4 heterocycles. The molecule has 0 bridgehead atoms. The number of aromatic amines is 2. The van der Waals surface area contributed by atoms with E-state index in [1.807, 2.05) is 30.5 Å². The first kappa shape index (κ1) is 14.1. The predicted molar refractivity (Wildman–Crippen MR) is 91.4 cm³/mol. The first-order valence-electron chi connectivity index (χ1n) is 7.44. The van der Waals surface area contributed by atoms with E-state index in [-0.39, 0.29) is 22.6 Å². The Kier molecular flexibility index (Phi) is 2.84. The molecule has 3 atom stereocenters. The van der Waals surface area contributed by atoms with E-state index in [9.17, 15) is 14.4 Å². The van der Waals surface area contributed by atoms with Crippen LogP contribution in [0.15, 0.2) is 40.3 Å². The molecule has 24 heavy (non-hydrogen) atoms. The molecule has 3 N–H and O–H groups in total. The minimum Gasteiger partial charge on any atom is -0.361 e. The lowest BCUT2D eigenvalue weighted by Gasteiger charge is -2.29. The number of hydrogen-bond acceptors (Lipinski definition) is 5. The van der Waals surface area contributed by atoms with Crippen LogP contribution in [-0.4, -0.2) is 27.0 Å². The molecule has 1 fully saturated rings. The number of amides is 2. The van der Waals surface area contributed by atoms with Gasteiger partial charge in [0, 0.05) is 27.9 Å². The van der Waals surface area contributed by atoms with Crippen molar-refractivity contribution in [2.24, 2.45) is 5.92 Å². The van der Waals surface area contributed by atoms with E-state index in [1.54, 1.807) is 0 Å². The zero-order valence-corrected chi connectivity index (χ0v) is 13.8. The quantitative estimate of drug-likeness (QED) is 0.579. The molecule has 0 radical (unpaired) electrons. The maximum absolute atomic E-state index is 12.4. The lowest BCUT2D eigenvalue weighted by molar-refractivity contribution is -0.125. The van der Waals surface area contributed by atoms with Crippen LogP contribution in [0, 0.1) is 5.92 Å². The van der Waals surface area contributed by atoms with E-state index >= 15 is 0 Å². The summed E-state index contributed by atoms with van der Waals surface area (Å²) in [5, 5.41) is 3.64. The van der Waals surface area contributed by atoms with Gasteiger partial charge in [-0.25, -0.2) is 0 Å². The van der Waals surface area contributed by atoms with Gasteiger partial charge < -0.3 is 9.97 Å². The Hall–Kier alpha value is -2.32. The molecule has 6 nitrogen and oxygen atoms in total. The molecule has 120 valence electrons. The fourth-order valence-corrected chi connectivity index (χ4v) is 6.10. The number of rotatable bonds is 1. The molecule has 0 aliphatic carbocycles. The van der Waals surface area contributed by atoms with Crippen molar-refractivity contribution >= 4 is 45.8 Å². The number of nitrogens with one attached hydrogen (secondary N) is 3. The maximum Gasteiger partial charge on any atom is 0.305 e. The van der Waals surface area contributed by atoms with Crippen LogP contribution in [0.2, 0.25) is 0 Å². The molecule has 8 heteroatoms. The molecule has 1 saturated heterocycles. The highest BCUT2D eigenvalue weighted by Crippen LogP contribution is 2.51. The van der Waals surface area contributed by atoms with Crippen LogP contribution >= 0.6 is 23.1 Å². The third kappa shape index (κ3) is 1.81. The van der Waals surface area contributed by atoms with Crippen molar-refractivity contribution in [1.29, 1.82) is 0 Å². The van der Waals surface area contributed by atoms with Crippen molar-refractivity contribution in [2.45, 2.75) is 16.2 Å². The molecule has 0 saturated carbocycles. The Bertz CT molecular complexity index is 1060. The van der Waals surface area contributed by atoms with Gasteiger partial charge in [-0.2, -0.15) is 0 Å². The molecule has 0 spiro atoms. The lowest BCUT2D eigenvalue weighted by Crippen LogP contribution is -2.31. The molecular weight excluding hydrogens is 346 g/mol. The molecule has 0 unspecified atom stereocenters. The van der Waals surface area contributed by atoms with Gasteiger partial charge in [0.05, 0.1) is 10.9 Å². The fourth-order valence-electron chi connectivity index (χ4n) is 3.62. The first-order chi connectivity index (χ1) is 11.6. The second kappa shape index (κ2) is 4.84. The lowest BCUT2D eigenvalue weighted by atomic mass is 9.83. The zero-order valence-electron chi connectivity index (χ0n) is 12.2. The topological polar surface area (TPSA) is 94.8 Å². The van der Waals surface area contributed by atoms with Crippen LogP contribution in [0.4, 0.5) is 0 Å². The van der Waals surface area contributed by atoms with Crippen molar-refractivity contribution in [1.82, 2.24) is 15.3 Å². The fraction of sp³-hybridized carbons (Fsp3) is 0.188. The van der Waals surface area contributed by atoms with E-state index in [2.05, 4.69) is 15.3 Å². The van der Waals surface area contributed by atoms with E-state index in [1.165, 1.54) is 11.8 Å². The van der Waals surface area contributed by atoms with Gasteiger partial charge >= 0.3 is 4.87 Å². The number of H-pyrrole nitrogens is 2. The highest BCUT2D eigenvalue weighted by molar-refractivity contribution is 8.00. The second-order valence-electron chi connectivity index (χ2n) is 5.89. The van der Waals surface area contributed by atoms with Crippen molar-refractivity contribution in [3.8, 4) is 0 Å². The van der Waals surface area contributed by atoms with Gasteiger partial charge in [0.25, 0.3) is 0 Å². The number of aromatic nitrogens is 2. The van der Waals surface area contributed by atoms with Crippen LogP contribution in [0.25, 0.3) is 10.9 Å². The minimum atomic E-state index is -0.506. The summed E-state index contributed by atoms with van der Waals surface area (Å²) in [5.41, 5.74) is 1.92. The van der Waals surface area contributed by atoms with Crippen LogP contribution in [0.1, 0.15) is 16.4 Å². The normalized spacial score (nSPS) is 25.6. The highest BCUT2D eigenvalue weighted by atomic mass is 32.2. The summed E-state index contributed by atoms with van der Waals surface area (Å²) in [7, 11) is 0. The second-order valence-corrected chi connectivity index (χ2v) is 8.06. The summed E-state index contributed by atoms with van der Waals surface area (Å²) in [5.74, 6) is -1.35. The maximum atomic E-state index is 12.4. The van der Waals surface area contributed by atoms with E-state index in [0.29, 0.717) is 5.03 Å². The van der Waals surface area contributed by atoms with Crippen molar-refractivity contribution in [3.05, 3.63) is 50.6 Å². The number of fused-ring (bicyclic) bond motifs is 3. The number of carbonyl (C=O) groups is 2. The number of thioether (sulfide) groups is 1. The zero-order chi connectivity index (χ0) is 16.4. The largest absolute Gasteiger partial charge is 0.361 e. The molecule has 2 aliphatic heterocycles. The van der Waals surface area contributed by atoms with Crippen LogP contribution < -0.4 is 10.2 Å². The van der Waals surface area contributed by atoms with Crippen molar-refractivity contribution < 1.29 is 9.59 Å². The number of thiazole rings is 1. The Labute approximate surface area is 143 Å². The number of hydrogen-bond donors (Lipinski definition) is 3. The Morgan fingerprint density at radius 3 is 2.75 bits per heavy atom. The summed E-state index contributed by atoms with van der Waals surface area (Å²) in [6.07, 6.45) is 1.88. The summed E-state index contributed by atoms with van der Waals surface area (Å²) >= 11 is 2.40. The first-order valence-corrected chi connectivity index (χ1v) is 9.13. The Morgan fingerprint density at radius 1 is 1.04 bits per heavy atom. The molecule has 2 amide bonds. The number of benzene rings is 1. The van der Waals surface area contributed by atoms with Gasteiger partial charge in [0.15, 0.2) is 0 Å². The van der Waals surface area contributed by atoms with E-state index in [0.717, 1.165) is 32.7 Å². The third-order valence-corrected chi connectivity index (χ3v) is 7.03. The van der Waals surface area contributed by atoms with Gasteiger partial charge in [-0.1, -0.05) is 41.3 Å². The van der Waals surface area contributed by atoms with E-state index < -0.39 is 11.2 Å². The third-order valence-electron chi connectivity index (χ3n) is 4.62. The molecule has 5 rings (SSSR count). The number of para-hydroxylation sites is 1. The SMILES string of the molecule is O=C1NC(=O)[C@@H]2Sc3[nH]c(=O)sc3[C@H](c3c[nH]c4ccccc34)[C@H]12. The van der Waals surface area contributed by atoms with Crippen LogP contribution in [0.5, 0.6) is 0 Å². The molecule has 2 aliphatic rings. The smallest absolute Gasteiger partial charge is 0.305 e. The van der Waals surface area contributed by atoms with Gasteiger partial charge in [-0.15, -0.1) is 0 Å². The van der Waals surface area contributed by atoms with Crippen LogP contribution in [-0.2, 0) is 9.59 Å². The molecular formula is C16H11N3O3S2. The summed E-state index contributed by atoms with van der Waals surface area (Å²) < 4.78 is 0. The standard InChI is InChI=1S/C16H11N3O3S2/c20-13-10-9(7-5-17-8-4-2-1-3-6(7)8)12-15(19-16(22)24-12)23-11(10)14(21)18-13/h1-5,9-11,17H,(H,19,22)(H,18,20,21)/t9-,10+,11-/m1/s1. The highest BCUT2D eigenvalue weighted by Gasteiger charge is 2.52. The van der Waals surface area contributed by atoms with Gasteiger partial charge in [-0.3, -0.25) is 19.7 Å². The molecule has 3 aromatic rings. The number of carbonyl (C=O) groups excluding carboxylic acids is 2. The molecule has 1 aromatic carbocycles. The van der Waals surface area contributed by atoms with Crippen molar-refractivity contribution in [2.75, 3.05) is 0 Å².